The van der Waals surface area contributed by atoms with Crippen molar-refractivity contribution >= 4 is 59.5 Å². The highest BCUT2D eigenvalue weighted by atomic mass is 32.2. The summed E-state index contributed by atoms with van der Waals surface area (Å²) in [5, 5.41) is 4.89. The quantitative estimate of drug-likeness (QED) is 0.238. The third kappa shape index (κ3) is 4.33. The Morgan fingerprint density at radius 1 is 0.975 bits per heavy atom. The first kappa shape index (κ1) is 25.4. The Morgan fingerprint density at radius 3 is 2.58 bits per heavy atom. The summed E-state index contributed by atoms with van der Waals surface area (Å²) in [4.78, 5) is 19.9. The summed E-state index contributed by atoms with van der Waals surface area (Å²) in [5.74, 6) is 0.347. The molecule has 1 amide bonds. The number of benzene rings is 3. The number of thiophene rings is 1. The van der Waals surface area contributed by atoms with Crippen LogP contribution in [0.15, 0.2) is 77.7 Å². The molecule has 1 N–H and O–H groups in total. The van der Waals surface area contributed by atoms with Gasteiger partial charge < -0.3 is 5.32 Å². The van der Waals surface area contributed by atoms with Crippen LogP contribution in [0.25, 0.3) is 20.8 Å². The molecule has 0 radical (unpaired) electrons. The number of fused-ring (bicyclic) bond motifs is 3. The van der Waals surface area contributed by atoms with E-state index in [1.807, 2.05) is 42.5 Å². The van der Waals surface area contributed by atoms with Gasteiger partial charge in [0.1, 0.15) is 10.0 Å². The molecule has 1 atom stereocenters. The normalized spacial score (nSPS) is 16.6. The standard InChI is InChI=1S/C31H27N3O3S3/c1-19-10-15-23-27(18-19)39-31(28(23)30-32-24-7-3-5-9-26(24)38-30)33-29(35)21-11-13-22(14-12-21)40(36,37)34-17-16-20-6-2-4-8-25(20)34/h2-9,11-14,19H,10,15-18H2,1H3,(H,33,35)/t19-/m0/s1. The Balaban J connectivity index is 1.18. The van der Waals surface area contributed by atoms with Crippen LogP contribution in [-0.2, 0) is 29.3 Å². The number of hydrogen-bond acceptors (Lipinski definition) is 6. The molecule has 7 rings (SSSR count). The molecule has 1 aliphatic heterocycles. The van der Waals surface area contributed by atoms with Crippen molar-refractivity contribution in [3.8, 4) is 10.6 Å². The van der Waals surface area contributed by atoms with Gasteiger partial charge >= 0.3 is 0 Å². The van der Waals surface area contributed by atoms with E-state index in [-0.39, 0.29) is 10.8 Å². The lowest BCUT2D eigenvalue weighted by atomic mass is 9.88. The van der Waals surface area contributed by atoms with Crippen LogP contribution in [0.3, 0.4) is 0 Å². The number of carbonyl (C=O) groups excluding carboxylic acids is 1. The Morgan fingerprint density at radius 2 is 1.75 bits per heavy atom. The Kier molecular flexibility index (Phi) is 6.25. The van der Waals surface area contributed by atoms with Crippen LogP contribution < -0.4 is 9.62 Å². The number of amides is 1. The minimum absolute atomic E-state index is 0.177. The Bertz CT molecular complexity index is 1840. The first-order valence-corrected chi connectivity index (χ1v) is 16.5. The number of anilines is 2. The SMILES string of the molecule is C[C@H]1CCc2c(sc(NC(=O)c3ccc(S(=O)(=O)N4CCc5ccccc54)cc3)c2-c2nc3ccccc3s2)C1. The Hall–Kier alpha value is -3.53. The monoisotopic (exact) mass is 585 g/mol. The maximum absolute atomic E-state index is 13.4. The summed E-state index contributed by atoms with van der Waals surface area (Å²) < 4.78 is 29.4. The summed E-state index contributed by atoms with van der Waals surface area (Å²) in [7, 11) is -3.72. The average Bonchev–Trinajstić information content (AvgIpc) is 3.67. The number of sulfonamides is 1. The van der Waals surface area contributed by atoms with Crippen molar-refractivity contribution in [1.82, 2.24) is 4.98 Å². The topological polar surface area (TPSA) is 79.4 Å². The van der Waals surface area contributed by atoms with Gasteiger partial charge in [0, 0.05) is 22.5 Å². The fraction of sp³-hybridized carbons (Fsp3) is 0.226. The number of para-hydroxylation sites is 2. The van der Waals surface area contributed by atoms with Crippen LogP contribution >= 0.6 is 22.7 Å². The van der Waals surface area contributed by atoms with Gasteiger partial charge in [-0.1, -0.05) is 37.3 Å². The van der Waals surface area contributed by atoms with Gasteiger partial charge in [-0.3, -0.25) is 9.10 Å². The second-order valence-corrected chi connectivity index (χ2v) is 14.5. The van der Waals surface area contributed by atoms with Crippen LogP contribution in [-0.4, -0.2) is 25.9 Å². The lowest BCUT2D eigenvalue weighted by Gasteiger charge is -2.19. The van der Waals surface area contributed by atoms with Crippen molar-refractivity contribution in [3.63, 3.8) is 0 Å². The van der Waals surface area contributed by atoms with Gasteiger partial charge in [0.05, 0.1) is 20.8 Å². The van der Waals surface area contributed by atoms with Crippen molar-refractivity contribution in [2.75, 3.05) is 16.2 Å². The van der Waals surface area contributed by atoms with Crippen LogP contribution in [0.4, 0.5) is 10.7 Å². The fourth-order valence-corrected chi connectivity index (χ4v) is 9.70. The Labute approximate surface area is 241 Å². The van der Waals surface area contributed by atoms with E-state index in [0.29, 0.717) is 24.4 Å². The van der Waals surface area contributed by atoms with E-state index < -0.39 is 10.0 Å². The zero-order chi connectivity index (χ0) is 27.4. The fourth-order valence-electron chi connectivity index (χ4n) is 5.68. The molecule has 9 heteroatoms. The number of rotatable bonds is 5. The van der Waals surface area contributed by atoms with Crippen molar-refractivity contribution in [1.29, 1.82) is 0 Å². The maximum atomic E-state index is 13.4. The molecule has 2 aromatic heterocycles. The third-order valence-electron chi connectivity index (χ3n) is 7.80. The van der Waals surface area contributed by atoms with Gasteiger partial charge in [0.15, 0.2) is 0 Å². The van der Waals surface area contributed by atoms with E-state index in [0.717, 1.165) is 56.3 Å². The van der Waals surface area contributed by atoms with Gasteiger partial charge in [0.25, 0.3) is 15.9 Å². The van der Waals surface area contributed by atoms with E-state index in [2.05, 4.69) is 18.3 Å². The first-order valence-electron chi connectivity index (χ1n) is 13.4. The van der Waals surface area contributed by atoms with Gasteiger partial charge in [-0.05, 0) is 85.2 Å². The number of hydrogen-bond donors (Lipinski definition) is 1. The molecule has 0 fully saturated rings. The number of nitrogens with one attached hydrogen (secondary N) is 1. The van der Waals surface area contributed by atoms with Crippen molar-refractivity contribution in [3.05, 3.63) is 94.4 Å². The van der Waals surface area contributed by atoms with Crippen molar-refractivity contribution in [2.24, 2.45) is 5.92 Å². The number of aromatic nitrogens is 1. The minimum Gasteiger partial charge on any atom is -0.313 e. The second kappa shape index (κ2) is 9.83. The molecule has 6 nitrogen and oxygen atoms in total. The van der Waals surface area contributed by atoms with Crippen molar-refractivity contribution < 1.29 is 13.2 Å². The molecular formula is C31H27N3O3S3. The minimum atomic E-state index is -3.72. The number of thiazole rings is 1. The predicted molar refractivity (Wildman–Crippen MR) is 163 cm³/mol. The molecule has 40 heavy (non-hydrogen) atoms. The summed E-state index contributed by atoms with van der Waals surface area (Å²) >= 11 is 3.29. The van der Waals surface area contributed by atoms with E-state index in [1.54, 1.807) is 34.8 Å². The predicted octanol–water partition coefficient (Wildman–Crippen LogP) is 7.15. The molecule has 3 aromatic carbocycles. The second-order valence-electron chi connectivity index (χ2n) is 10.5. The summed E-state index contributed by atoms with van der Waals surface area (Å²) in [5.41, 5.74) is 5.46. The number of carbonyl (C=O) groups is 1. The highest BCUT2D eigenvalue weighted by molar-refractivity contribution is 7.92. The van der Waals surface area contributed by atoms with Crippen LogP contribution in [0.5, 0.6) is 0 Å². The van der Waals surface area contributed by atoms with Gasteiger partial charge in [-0.2, -0.15) is 0 Å². The maximum Gasteiger partial charge on any atom is 0.264 e. The van der Waals surface area contributed by atoms with E-state index in [9.17, 15) is 13.2 Å². The van der Waals surface area contributed by atoms with Gasteiger partial charge in [0.2, 0.25) is 0 Å². The molecule has 0 bridgehead atoms. The highest BCUT2D eigenvalue weighted by Gasteiger charge is 2.31. The lowest BCUT2D eigenvalue weighted by molar-refractivity contribution is 0.102. The molecule has 0 saturated carbocycles. The highest BCUT2D eigenvalue weighted by Crippen LogP contribution is 2.47. The van der Waals surface area contributed by atoms with Crippen LogP contribution in [0.2, 0.25) is 0 Å². The average molecular weight is 586 g/mol. The lowest BCUT2D eigenvalue weighted by Crippen LogP contribution is -2.29. The zero-order valence-electron chi connectivity index (χ0n) is 21.9. The number of nitrogens with zero attached hydrogens (tertiary/aromatic N) is 2. The van der Waals surface area contributed by atoms with E-state index >= 15 is 0 Å². The molecule has 1 aliphatic carbocycles. The molecular weight excluding hydrogens is 559 g/mol. The third-order valence-corrected chi connectivity index (χ3v) is 11.8. The smallest absolute Gasteiger partial charge is 0.264 e. The molecule has 0 saturated heterocycles. The molecule has 2 aliphatic rings. The van der Waals surface area contributed by atoms with Crippen LogP contribution in [0, 0.1) is 5.92 Å². The van der Waals surface area contributed by atoms with Crippen LogP contribution in [0.1, 0.15) is 39.7 Å². The summed E-state index contributed by atoms with van der Waals surface area (Å²) in [6, 6.07) is 21.9. The summed E-state index contributed by atoms with van der Waals surface area (Å²) in [6.07, 6.45) is 3.78. The van der Waals surface area contributed by atoms with Gasteiger partial charge in [-0.25, -0.2) is 13.4 Å². The summed E-state index contributed by atoms with van der Waals surface area (Å²) in [6.45, 7) is 2.69. The molecule has 0 spiro atoms. The molecule has 5 aromatic rings. The largest absolute Gasteiger partial charge is 0.313 e. The first-order chi connectivity index (χ1) is 19.4. The van der Waals surface area contributed by atoms with E-state index in [4.69, 9.17) is 4.98 Å². The molecule has 3 heterocycles. The van der Waals surface area contributed by atoms with Crippen molar-refractivity contribution in [2.45, 2.75) is 37.5 Å². The zero-order valence-corrected chi connectivity index (χ0v) is 24.3. The van der Waals surface area contributed by atoms with E-state index in [1.165, 1.54) is 26.9 Å². The molecule has 0 unspecified atom stereocenters. The van der Waals surface area contributed by atoms with Gasteiger partial charge in [-0.15, -0.1) is 22.7 Å². The molecule has 202 valence electrons.